The molecule has 0 unspecified atom stereocenters. The Morgan fingerprint density at radius 1 is 1.22 bits per heavy atom. The van der Waals surface area contributed by atoms with Crippen LogP contribution in [0.25, 0.3) is 0 Å². The van der Waals surface area contributed by atoms with Crippen molar-refractivity contribution in [2.45, 2.75) is 38.6 Å². The van der Waals surface area contributed by atoms with Gasteiger partial charge >= 0.3 is 5.97 Å². The quantitative estimate of drug-likeness (QED) is 0.902. The number of benzene rings is 1. The highest BCUT2D eigenvalue weighted by Gasteiger charge is 2.42. The lowest BCUT2D eigenvalue weighted by molar-refractivity contribution is 0.0696. The predicted molar refractivity (Wildman–Crippen MR) is 88.0 cm³/mol. The van der Waals surface area contributed by atoms with E-state index in [1.807, 2.05) is 12.3 Å². The minimum absolute atomic E-state index is 0.128. The van der Waals surface area contributed by atoms with Gasteiger partial charge in [0.2, 0.25) is 0 Å². The van der Waals surface area contributed by atoms with Crippen LogP contribution in [0, 0.1) is 13.8 Å². The monoisotopic (exact) mass is 330 g/mol. The van der Waals surface area contributed by atoms with Crippen molar-refractivity contribution < 1.29 is 14.7 Å². The first-order chi connectivity index (χ1) is 10.9. The molecule has 3 rings (SSSR count). The van der Waals surface area contributed by atoms with E-state index >= 15 is 0 Å². The zero-order valence-corrected chi connectivity index (χ0v) is 13.9. The predicted octanol–water partition coefficient (Wildman–Crippen LogP) is 3.27. The highest BCUT2D eigenvalue weighted by atomic mass is 32.1. The second kappa shape index (κ2) is 5.77. The molecule has 1 heterocycles. The number of carbonyl (C=O) groups is 2. The molecule has 0 bridgehead atoms. The fourth-order valence-electron chi connectivity index (χ4n) is 2.82. The van der Waals surface area contributed by atoms with Crippen LogP contribution in [0.3, 0.4) is 0 Å². The van der Waals surface area contributed by atoms with E-state index in [9.17, 15) is 9.59 Å². The molecule has 0 spiro atoms. The van der Waals surface area contributed by atoms with Crippen LogP contribution in [-0.4, -0.2) is 22.0 Å². The maximum absolute atomic E-state index is 12.6. The van der Waals surface area contributed by atoms with Gasteiger partial charge in [0.25, 0.3) is 5.91 Å². The lowest BCUT2D eigenvalue weighted by atomic mass is 9.77. The smallest absolute Gasteiger partial charge is 0.335 e. The van der Waals surface area contributed by atoms with Crippen LogP contribution in [-0.2, 0) is 5.54 Å². The van der Waals surface area contributed by atoms with E-state index in [2.05, 4.69) is 10.3 Å². The van der Waals surface area contributed by atoms with Gasteiger partial charge in [0, 0.05) is 16.6 Å². The van der Waals surface area contributed by atoms with Crippen LogP contribution in [0.2, 0.25) is 0 Å². The number of rotatable bonds is 4. The highest BCUT2D eigenvalue weighted by Crippen LogP contribution is 2.42. The summed E-state index contributed by atoms with van der Waals surface area (Å²) in [4.78, 5) is 28.3. The standard InChI is InChI=1S/C17H18N2O3S/c1-10-6-12(8-13(7-10)15(21)22)14(20)19-17(4-3-5-17)16-18-11(2)9-23-16/h6-9H,3-5H2,1-2H3,(H,19,20)(H,21,22). The molecule has 1 saturated carbocycles. The van der Waals surface area contributed by atoms with Crippen molar-refractivity contribution in [3.8, 4) is 0 Å². The minimum atomic E-state index is -1.03. The molecule has 2 aromatic rings. The lowest BCUT2D eigenvalue weighted by Gasteiger charge is -2.40. The first-order valence-corrected chi connectivity index (χ1v) is 8.38. The van der Waals surface area contributed by atoms with Crippen LogP contribution >= 0.6 is 11.3 Å². The van der Waals surface area contributed by atoms with Crippen LogP contribution in [0.15, 0.2) is 23.6 Å². The molecule has 1 amide bonds. The molecular weight excluding hydrogens is 312 g/mol. The molecule has 1 aromatic heterocycles. The third kappa shape index (κ3) is 2.99. The molecular formula is C17H18N2O3S. The molecule has 0 aliphatic heterocycles. The third-order valence-electron chi connectivity index (χ3n) is 4.17. The van der Waals surface area contributed by atoms with E-state index in [1.54, 1.807) is 30.4 Å². The molecule has 23 heavy (non-hydrogen) atoms. The van der Waals surface area contributed by atoms with E-state index in [0.717, 1.165) is 35.5 Å². The molecule has 1 aromatic carbocycles. The van der Waals surface area contributed by atoms with Gasteiger partial charge in [0.1, 0.15) is 5.01 Å². The largest absolute Gasteiger partial charge is 0.478 e. The number of hydrogen-bond acceptors (Lipinski definition) is 4. The molecule has 120 valence electrons. The average Bonchev–Trinajstić information content (AvgIpc) is 2.88. The Morgan fingerprint density at radius 3 is 2.43 bits per heavy atom. The Bertz CT molecular complexity index is 778. The second-order valence-corrected chi connectivity index (χ2v) is 6.93. The number of amides is 1. The number of aryl methyl sites for hydroxylation is 2. The number of carboxylic acids is 1. The van der Waals surface area contributed by atoms with Gasteiger partial charge in [-0.15, -0.1) is 11.3 Å². The first kappa shape index (κ1) is 15.7. The SMILES string of the molecule is Cc1cc(C(=O)O)cc(C(=O)NC2(c3nc(C)cs3)CCC2)c1. The summed E-state index contributed by atoms with van der Waals surface area (Å²) >= 11 is 1.56. The van der Waals surface area contributed by atoms with Gasteiger partial charge in [-0.2, -0.15) is 0 Å². The summed E-state index contributed by atoms with van der Waals surface area (Å²) in [6, 6.07) is 4.69. The number of aromatic carboxylic acids is 1. The molecule has 0 radical (unpaired) electrons. The van der Waals surface area contributed by atoms with Gasteiger partial charge in [-0.05, 0) is 56.9 Å². The van der Waals surface area contributed by atoms with E-state index < -0.39 is 11.5 Å². The molecule has 1 aliphatic carbocycles. The molecule has 1 fully saturated rings. The molecule has 0 atom stereocenters. The number of carboxylic acid groups (broad SMARTS) is 1. The average molecular weight is 330 g/mol. The van der Waals surface area contributed by atoms with Gasteiger partial charge in [-0.25, -0.2) is 9.78 Å². The number of hydrogen-bond donors (Lipinski definition) is 2. The molecule has 1 aliphatic rings. The van der Waals surface area contributed by atoms with Crippen LogP contribution in [0.1, 0.15) is 56.2 Å². The van der Waals surface area contributed by atoms with Gasteiger partial charge in [-0.1, -0.05) is 0 Å². The van der Waals surface area contributed by atoms with Crippen LogP contribution in [0.4, 0.5) is 0 Å². The maximum Gasteiger partial charge on any atom is 0.335 e. The van der Waals surface area contributed by atoms with Crippen molar-refractivity contribution in [2.24, 2.45) is 0 Å². The van der Waals surface area contributed by atoms with Crippen molar-refractivity contribution in [1.82, 2.24) is 10.3 Å². The second-order valence-electron chi connectivity index (χ2n) is 6.08. The summed E-state index contributed by atoms with van der Waals surface area (Å²) in [5.74, 6) is -1.28. The topological polar surface area (TPSA) is 79.3 Å². The van der Waals surface area contributed by atoms with Gasteiger partial charge in [0.05, 0.1) is 11.1 Å². The van der Waals surface area contributed by atoms with Gasteiger partial charge in [0.15, 0.2) is 0 Å². The zero-order chi connectivity index (χ0) is 16.6. The Balaban J connectivity index is 1.87. The van der Waals surface area contributed by atoms with E-state index in [4.69, 9.17) is 5.11 Å². The normalized spacial score (nSPS) is 15.7. The number of nitrogens with one attached hydrogen (secondary N) is 1. The number of carbonyl (C=O) groups excluding carboxylic acids is 1. The number of aromatic nitrogens is 1. The number of thiazole rings is 1. The fraction of sp³-hybridized carbons (Fsp3) is 0.353. The van der Waals surface area contributed by atoms with Crippen molar-refractivity contribution in [3.63, 3.8) is 0 Å². The summed E-state index contributed by atoms with van der Waals surface area (Å²) in [5.41, 5.74) is 1.81. The van der Waals surface area contributed by atoms with E-state index in [-0.39, 0.29) is 11.5 Å². The molecule has 5 nitrogen and oxygen atoms in total. The van der Waals surface area contributed by atoms with Gasteiger partial charge < -0.3 is 10.4 Å². The zero-order valence-electron chi connectivity index (χ0n) is 13.0. The summed E-state index contributed by atoms with van der Waals surface area (Å²) in [6.45, 7) is 3.72. The van der Waals surface area contributed by atoms with Crippen molar-refractivity contribution in [2.75, 3.05) is 0 Å². The molecule has 2 N–H and O–H groups in total. The van der Waals surface area contributed by atoms with Crippen LogP contribution in [0.5, 0.6) is 0 Å². The minimum Gasteiger partial charge on any atom is -0.478 e. The Labute approximate surface area is 138 Å². The van der Waals surface area contributed by atoms with Crippen molar-refractivity contribution in [3.05, 3.63) is 51.0 Å². The van der Waals surface area contributed by atoms with E-state index in [0.29, 0.717) is 5.56 Å². The lowest BCUT2D eigenvalue weighted by Crippen LogP contribution is -2.50. The first-order valence-electron chi connectivity index (χ1n) is 7.50. The van der Waals surface area contributed by atoms with E-state index in [1.165, 1.54) is 6.07 Å². The maximum atomic E-state index is 12.6. The molecule has 6 heteroatoms. The van der Waals surface area contributed by atoms with Crippen LogP contribution < -0.4 is 5.32 Å². The highest BCUT2D eigenvalue weighted by molar-refractivity contribution is 7.09. The number of nitrogens with zero attached hydrogens (tertiary/aromatic N) is 1. The van der Waals surface area contributed by atoms with Gasteiger partial charge in [-0.3, -0.25) is 4.79 Å². The summed E-state index contributed by atoms with van der Waals surface area (Å²) < 4.78 is 0. The summed E-state index contributed by atoms with van der Waals surface area (Å²) in [5, 5.41) is 15.1. The van der Waals surface area contributed by atoms with Crippen molar-refractivity contribution >= 4 is 23.2 Å². The Kier molecular flexibility index (Phi) is 3.93. The third-order valence-corrected chi connectivity index (χ3v) is 5.34. The summed E-state index contributed by atoms with van der Waals surface area (Å²) in [6.07, 6.45) is 2.78. The fourth-order valence-corrected chi connectivity index (χ4v) is 3.84. The molecule has 0 saturated heterocycles. The Morgan fingerprint density at radius 2 is 1.91 bits per heavy atom. The summed E-state index contributed by atoms with van der Waals surface area (Å²) in [7, 11) is 0. The van der Waals surface area contributed by atoms with Crippen molar-refractivity contribution in [1.29, 1.82) is 0 Å². The Hall–Kier alpha value is -2.21.